The van der Waals surface area contributed by atoms with E-state index in [4.69, 9.17) is 4.42 Å². The first kappa shape index (κ1) is 16.1. The number of hydrogen-bond donors (Lipinski definition) is 2. The van der Waals surface area contributed by atoms with Crippen molar-refractivity contribution in [3.63, 3.8) is 0 Å². The zero-order valence-electron chi connectivity index (χ0n) is 13.6. The van der Waals surface area contributed by atoms with Gasteiger partial charge in [0.2, 0.25) is 0 Å². The molecule has 1 unspecified atom stereocenters. The third-order valence-corrected chi connectivity index (χ3v) is 4.10. The van der Waals surface area contributed by atoms with Crippen LogP contribution in [-0.2, 0) is 7.05 Å². The summed E-state index contributed by atoms with van der Waals surface area (Å²) in [5.41, 5.74) is 1.17. The van der Waals surface area contributed by atoms with Crippen molar-refractivity contribution in [1.29, 1.82) is 0 Å². The fraction of sp³-hybridized carbons (Fsp3) is 0.438. The molecule has 0 bridgehead atoms. The van der Waals surface area contributed by atoms with Gasteiger partial charge in [-0.25, -0.2) is 4.79 Å². The smallest absolute Gasteiger partial charge is 0.317 e. The molecule has 0 radical (unpaired) electrons. The van der Waals surface area contributed by atoms with E-state index >= 15 is 0 Å². The normalized spacial score (nSPS) is 17.0. The lowest BCUT2D eigenvalue weighted by atomic mass is 10.0. The maximum Gasteiger partial charge on any atom is 0.317 e. The van der Waals surface area contributed by atoms with E-state index < -0.39 is 0 Å². The van der Waals surface area contributed by atoms with Crippen molar-refractivity contribution in [3.8, 4) is 0 Å². The summed E-state index contributed by atoms with van der Waals surface area (Å²) >= 11 is 0. The summed E-state index contributed by atoms with van der Waals surface area (Å²) < 4.78 is 6.77. The zero-order valence-corrected chi connectivity index (χ0v) is 13.6. The molecule has 2 aromatic heterocycles. The van der Waals surface area contributed by atoms with Crippen LogP contribution in [0.3, 0.4) is 0 Å². The fourth-order valence-electron chi connectivity index (χ4n) is 2.82. The molecule has 0 aromatic carbocycles. The largest absolute Gasteiger partial charge is 0.459 e. The van der Waals surface area contributed by atoms with Crippen molar-refractivity contribution < 1.29 is 14.0 Å². The highest BCUT2D eigenvalue weighted by atomic mass is 16.3. The molecule has 24 heavy (non-hydrogen) atoms. The number of amides is 3. The average molecular weight is 331 g/mol. The molecule has 0 spiro atoms. The molecule has 3 rings (SSSR count). The molecule has 1 fully saturated rings. The van der Waals surface area contributed by atoms with Gasteiger partial charge in [0.15, 0.2) is 5.76 Å². The summed E-state index contributed by atoms with van der Waals surface area (Å²) in [6, 6.07) is 3.15. The number of likely N-dealkylation sites (tertiary alicyclic amines) is 1. The van der Waals surface area contributed by atoms with Crippen LogP contribution in [0.4, 0.5) is 4.79 Å². The van der Waals surface area contributed by atoms with Crippen LogP contribution in [0.25, 0.3) is 0 Å². The Bertz CT molecular complexity index is 694. The van der Waals surface area contributed by atoms with E-state index in [-0.39, 0.29) is 17.7 Å². The molecular weight excluding hydrogens is 310 g/mol. The molecule has 0 aliphatic carbocycles. The van der Waals surface area contributed by atoms with Crippen LogP contribution in [0.15, 0.2) is 35.2 Å². The maximum absolute atomic E-state index is 12.2. The van der Waals surface area contributed by atoms with E-state index in [0.29, 0.717) is 25.6 Å². The topological polar surface area (TPSA) is 92.4 Å². The van der Waals surface area contributed by atoms with Crippen molar-refractivity contribution in [2.75, 3.05) is 26.2 Å². The number of aromatic nitrogens is 2. The number of rotatable bonds is 5. The van der Waals surface area contributed by atoms with Crippen LogP contribution in [-0.4, -0.2) is 52.8 Å². The van der Waals surface area contributed by atoms with Gasteiger partial charge < -0.3 is 20.0 Å². The average Bonchev–Trinajstić information content (AvgIpc) is 3.30. The highest BCUT2D eigenvalue weighted by Gasteiger charge is 2.27. The summed E-state index contributed by atoms with van der Waals surface area (Å²) in [5, 5.41) is 9.69. The molecular formula is C16H21N5O3. The van der Waals surface area contributed by atoms with Gasteiger partial charge in [0.05, 0.1) is 12.5 Å². The molecule has 128 valence electrons. The molecule has 1 saturated heterocycles. The van der Waals surface area contributed by atoms with Gasteiger partial charge >= 0.3 is 6.03 Å². The lowest BCUT2D eigenvalue weighted by Gasteiger charge is -2.17. The Morgan fingerprint density at radius 3 is 2.92 bits per heavy atom. The number of hydrogen-bond acceptors (Lipinski definition) is 4. The van der Waals surface area contributed by atoms with E-state index in [1.807, 2.05) is 19.4 Å². The Balaban J connectivity index is 1.37. The van der Waals surface area contributed by atoms with Crippen LogP contribution >= 0.6 is 0 Å². The van der Waals surface area contributed by atoms with E-state index in [9.17, 15) is 9.59 Å². The number of carbonyl (C=O) groups excluding carboxylic acids is 2. The Morgan fingerprint density at radius 2 is 2.21 bits per heavy atom. The summed E-state index contributed by atoms with van der Waals surface area (Å²) in [4.78, 5) is 25.6. The van der Waals surface area contributed by atoms with Crippen LogP contribution in [0.1, 0.15) is 28.5 Å². The first-order valence-electron chi connectivity index (χ1n) is 7.96. The van der Waals surface area contributed by atoms with E-state index in [2.05, 4.69) is 15.7 Å². The van der Waals surface area contributed by atoms with Crippen LogP contribution in [0, 0.1) is 0 Å². The molecule has 0 saturated carbocycles. The van der Waals surface area contributed by atoms with Crippen molar-refractivity contribution >= 4 is 11.9 Å². The van der Waals surface area contributed by atoms with E-state index in [1.165, 1.54) is 11.8 Å². The Hall–Kier alpha value is -2.77. The Labute approximate surface area is 139 Å². The van der Waals surface area contributed by atoms with Gasteiger partial charge in [-0.1, -0.05) is 0 Å². The number of aryl methyl sites for hydroxylation is 1. The molecule has 8 nitrogen and oxygen atoms in total. The molecule has 1 atom stereocenters. The lowest BCUT2D eigenvalue weighted by Crippen LogP contribution is -2.42. The monoisotopic (exact) mass is 331 g/mol. The van der Waals surface area contributed by atoms with E-state index in [0.717, 1.165) is 13.0 Å². The highest BCUT2D eigenvalue weighted by molar-refractivity contribution is 5.91. The highest BCUT2D eigenvalue weighted by Crippen LogP contribution is 2.26. The predicted octanol–water partition coefficient (Wildman–Crippen LogP) is 0.942. The maximum atomic E-state index is 12.2. The van der Waals surface area contributed by atoms with Crippen molar-refractivity contribution in [3.05, 3.63) is 42.1 Å². The van der Waals surface area contributed by atoms with Gasteiger partial charge in [-0.15, -0.1) is 0 Å². The van der Waals surface area contributed by atoms with Crippen molar-refractivity contribution in [2.45, 2.75) is 12.3 Å². The standard InChI is InChI=1S/C16H21N5O3/c1-20-10-13(9-19-20)12-4-7-21(11-12)16(23)18-6-5-17-15(22)14-3-2-8-24-14/h2-3,8-10,12H,4-7,11H2,1H3,(H,17,22)(H,18,23). The first-order valence-corrected chi connectivity index (χ1v) is 7.96. The molecule has 1 aliphatic rings. The van der Waals surface area contributed by atoms with Crippen LogP contribution in [0.5, 0.6) is 0 Å². The number of nitrogens with one attached hydrogen (secondary N) is 2. The second-order valence-corrected chi connectivity index (χ2v) is 5.84. The Morgan fingerprint density at radius 1 is 1.38 bits per heavy atom. The summed E-state index contributed by atoms with van der Waals surface area (Å²) in [7, 11) is 1.89. The zero-order chi connectivity index (χ0) is 16.9. The van der Waals surface area contributed by atoms with Crippen molar-refractivity contribution in [2.24, 2.45) is 7.05 Å². The molecule has 3 amide bonds. The number of furan rings is 1. The second kappa shape index (κ2) is 7.20. The number of carbonyl (C=O) groups is 2. The van der Waals surface area contributed by atoms with Gasteiger partial charge in [-0.05, 0) is 24.1 Å². The quantitative estimate of drug-likeness (QED) is 0.798. The van der Waals surface area contributed by atoms with Crippen LogP contribution in [0.2, 0.25) is 0 Å². The first-order chi connectivity index (χ1) is 11.6. The summed E-state index contributed by atoms with van der Waals surface area (Å²) in [6.07, 6.45) is 6.24. The van der Waals surface area contributed by atoms with Gasteiger partial charge in [-0.2, -0.15) is 5.10 Å². The van der Waals surface area contributed by atoms with Crippen LogP contribution < -0.4 is 10.6 Å². The van der Waals surface area contributed by atoms with Gasteiger partial charge in [-0.3, -0.25) is 9.48 Å². The minimum atomic E-state index is -0.285. The third kappa shape index (κ3) is 3.76. The summed E-state index contributed by atoms with van der Waals surface area (Å²) in [5.74, 6) is 0.315. The molecule has 8 heteroatoms. The van der Waals surface area contributed by atoms with Gasteiger partial charge in [0.1, 0.15) is 0 Å². The third-order valence-electron chi connectivity index (χ3n) is 4.10. The van der Waals surface area contributed by atoms with E-state index in [1.54, 1.807) is 21.7 Å². The van der Waals surface area contributed by atoms with Gasteiger partial charge in [0.25, 0.3) is 5.91 Å². The Kier molecular flexibility index (Phi) is 4.83. The molecule has 2 N–H and O–H groups in total. The van der Waals surface area contributed by atoms with Crippen molar-refractivity contribution in [1.82, 2.24) is 25.3 Å². The molecule has 3 heterocycles. The minimum absolute atomic E-state index is 0.103. The number of urea groups is 1. The molecule has 1 aliphatic heterocycles. The summed E-state index contributed by atoms with van der Waals surface area (Å²) in [6.45, 7) is 2.14. The lowest BCUT2D eigenvalue weighted by molar-refractivity contribution is 0.0926. The SMILES string of the molecule is Cn1cc(C2CCN(C(=O)NCCNC(=O)c3ccco3)C2)cn1. The number of nitrogens with zero attached hydrogens (tertiary/aromatic N) is 3. The van der Waals surface area contributed by atoms with Gasteiger partial charge in [0, 0.05) is 45.3 Å². The second-order valence-electron chi connectivity index (χ2n) is 5.84. The fourth-order valence-corrected chi connectivity index (χ4v) is 2.82. The predicted molar refractivity (Wildman–Crippen MR) is 86.6 cm³/mol. The molecule has 2 aromatic rings. The minimum Gasteiger partial charge on any atom is -0.459 e.